The minimum atomic E-state index is -1.64. The smallest absolute Gasteiger partial charge is 0.234 e. The fourth-order valence-electron chi connectivity index (χ4n) is 2.17. The van der Waals surface area contributed by atoms with E-state index in [0.29, 0.717) is 10.9 Å². The van der Waals surface area contributed by atoms with Gasteiger partial charge in [0.1, 0.15) is 0 Å². The molecule has 0 radical (unpaired) electrons. The second-order valence-corrected chi connectivity index (χ2v) is 6.18. The summed E-state index contributed by atoms with van der Waals surface area (Å²) in [5.41, 5.74) is 1.07. The number of benzene rings is 2. The van der Waals surface area contributed by atoms with Gasteiger partial charge in [0.05, 0.1) is 23.3 Å². The number of rotatable bonds is 5. The number of aromatic nitrogens is 2. The first-order valence-corrected chi connectivity index (χ1v) is 8.40. The van der Waals surface area contributed by atoms with Crippen molar-refractivity contribution in [3.8, 4) is 11.3 Å². The summed E-state index contributed by atoms with van der Waals surface area (Å²) >= 11 is 1.03. The van der Waals surface area contributed by atoms with Crippen LogP contribution in [-0.2, 0) is 4.79 Å². The Morgan fingerprint density at radius 1 is 1.12 bits per heavy atom. The van der Waals surface area contributed by atoms with Crippen molar-refractivity contribution in [1.82, 2.24) is 9.66 Å². The van der Waals surface area contributed by atoms with Crippen LogP contribution in [0.4, 0.5) is 18.9 Å². The molecular formula is C17H13F3N4OS. The van der Waals surface area contributed by atoms with E-state index in [0.717, 1.165) is 29.5 Å². The number of carbonyl (C=O) groups is 1. The fraction of sp³-hybridized carbons (Fsp3) is 0.0588. The predicted molar refractivity (Wildman–Crippen MR) is 93.5 cm³/mol. The molecule has 9 heteroatoms. The second-order valence-electron chi connectivity index (χ2n) is 5.24. The molecule has 0 unspecified atom stereocenters. The first-order chi connectivity index (χ1) is 12.5. The summed E-state index contributed by atoms with van der Waals surface area (Å²) < 4.78 is 40.9. The lowest BCUT2D eigenvalue weighted by molar-refractivity contribution is -0.113. The standard InChI is InChI=1S/C17H13F3N4OS/c18-11-6-7-12(16(20)15(11)19)22-14(25)9-26-17-23-13(8-24(17)21)10-4-2-1-3-5-10/h1-8H,9,21H2,(H,22,25). The molecule has 0 aliphatic heterocycles. The average molecular weight is 378 g/mol. The van der Waals surface area contributed by atoms with Crippen LogP contribution in [0, 0.1) is 17.5 Å². The lowest BCUT2D eigenvalue weighted by atomic mass is 10.2. The van der Waals surface area contributed by atoms with Gasteiger partial charge in [0.2, 0.25) is 5.91 Å². The molecule has 1 heterocycles. The minimum absolute atomic E-state index is 0.138. The maximum absolute atomic E-state index is 13.6. The highest BCUT2D eigenvalue weighted by molar-refractivity contribution is 7.99. The monoisotopic (exact) mass is 378 g/mol. The van der Waals surface area contributed by atoms with Crippen LogP contribution in [0.25, 0.3) is 11.3 Å². The zero-order chi connectivity index (χ0) is 18.7. The first kappa shape index (κ1) is 17.9. The summed E-state index contributed by atoms with van der Waals surface area (Å²) in [6.45, 7) is 0. The SMILES string of the molecule is Nn1cc(-c2ccccc2)nc1SCC(=O)Nc1ccc(F)c(F)c1F. The topological polar surface area (TPSA) is 72.9 Å². The largest absolute Gasteiger partial charge is 0.337 e. The van der Waals surface area contributed by atoms with Crippen molar-refractivity contribution in [1.29, 1.82) is 0 Å². The Morgan fingerprint density at radius 2 is 1.85 bits per heavy atom. The van der Waals surface area contributed by atoms with Crippen molar-refractivity contribution in [2.24, 2.45) is 0 Å². The Morgan fingerprint density at radius 3 is 2.58 bits per heavy atom. The number of hydrogen-bond donors (Lipinski definition) is 2. The van der Waals surface area contributed by atoms with Crippen LogP contribution in [0.3, 0.4) is 0 Å². The van der Waals surface area contributed by atoms with Crippen LogP contribution in [-0.4, -0.2) is 21.3 Å². The number of carbonyl (C=O) groups excluding carboxylic acids is 1. The van der Waals surface area contributed by atoms with Gasteiger partial charge in [-0.3, -0.25) is 4.79 Å². The zero-order valence-corrected chi connectivity index (χ0v) is 14.1. The number of halogens is 3. The molecular weight excluding hydrogens is 365 g/mol. The van der Waals surface area contributed by atoms with Gasteiger partial charge in [-0.2, -0.15) is 0 Å². The number of thioether (sulfide) groups is 1. The molecule has 1 aromatic heterocycles. The summed E-state index contributed by atoms with van der Waals surface area (Å²) in [6, 6.07) is 11.0. The molecule has 26 heavy (non-hydrogen) atoms. The Hall–Kier alpha value is -2.94. The Kier molecular flexibility index (Phi) is 5.17. The van der Waals surface area contributed by atoms with Crippen molar-refractivity contribution in [3.63, 3.8) is 0 Å². The van der Waals surface area contributed by atoms with Gasteiger partial charge >= 0.3 is 0 Å². The summed E-state index contributed by atoms with van der Waals surface area (Å²) in [5, 5.41) is 2.57. The molecule has 134 valence electrons. The number of anilines is 1. The molecule has 0 saturated heterocycles. The second kappa shape index (κ2) is 7.52. The molecule has 0 aliphatic rings. The quantitative estimate of drug-likeness (QED) is 0.405. The van der Waals surface area contributed by atoms with E-state index < -0.39 is 29.0 Å². The maximum atomic E-state index is 13.6. The lowest BCUT2D eigenvalue weighted by Gasteiger charge is -2.07. The molecule has 2 aromatic carbocycles. The van der Waals surface area contributed by atoms with E-state index in [2.05, 4.69) is 10.3 Å². The number of nitrogens with one attached hydrogen (secondary N) is 1. The van der Waals surface area contributed by atoms with Gasteiger partial charge < -0.3 is 11.2 Å². The molecule has 3 rings (SSSR count). The number of nitrogen functional groups attached to an aromatic ring is 1. The third-order valence-electron chi connectivity index (χ3n) is 3.41. The Balaban J connectivity index is 1.65. The van der Waals surface area contributed by atoms with Crippen LogP contribution in [0.2, 0.25) is 0 Å². The van der Waals surface area contributed by atoms with Crippen molar-refractivity contribution < 1.29 is 18.0 Å². The van der Waals surface area contributed by atoms with Gasteiger partial charge in [0.15, 0.2) is 22.6 Å². The van der Waals surface area contributed by atoms with E-state index in [9.17, 15) is 18.0 Å². The number of nitrogens with zero attached hydrogens (tertiary/aromatic N) is 2. The molecule has 1 amide bonds. The Labute approximate surface area is 151 Å². The molecule has 3 aromatic rings. The normalized spacial score (nSPS) is 10.7. The van der Waals surface area contributed by atoms with Gasteiger partial charge in [0, 0.05) is 5.56 Å². The highest BCUT2D eigenvalue weighted by Crippen LogP contribution is 2.24. The molecule has 5 nitrogen and oxygen atoms in total. The number of amides is 1. The third-order valence-corrected chi connectivity index (χ3v) is 4.38. The number of nitrogens with two attached hydrogens (primary N) is 1. The Bertz CT molecular complexity index is 947. The van der Waals surface area contributed by atoms with Gasteiger partial charge in [0.25, 0.3) is 0 Å². The molecule has 0 saturated carbocycles. The van der Waals surface area contributed by atoms with Crippen molar-refractivity contribution in [2.75, 3.05) is 16.9 Å². The summed E-state index contributed by atoms with van der Waals surface area (Å²) in [4.78, 5) is 16.3. The molecule has 3 N–H and O–H groups in total. The predicted octanol–water partition coefficient (Wildman–Crippen LogP) is 3.41. The first-order valence-electron chi connectivity index (χ1n) is 7.41. The van der Waals surface area contributed by atoms with Crippen LogP contribution < -0.4 is 11.2 Å². The van der Waals surface area contributed by atoms with E-state index in [1.807, 2.05) is 30.3 Å². The average Bonchev–Trinajstić information content (AvgIpc) is 3.02. The summed E-state index contributed by atoms with van der Waals surface area (Å²) in [7, 11) is 0. The van der Waals surface area contributed by atoms with Crippen molar-refractivity contribution >= 4 is 23.4 Å². The molecule has 0 aliphatic carbocycles. The maximum Gasteiger partial charge on any atom is 0.234 e. The van der Waals surface area contributed by atoms with Crippen LogP contribution in [0.1, 0.15) is 0 Å². The van der Waals surface area contributed by atoms with Gasteiger partial charge in [-0.05, 0) is 12.1 Å². The number of imidazole rings is 1. The van der Waals surface area contributed by atoms with E-state index in [1.54, 1.807) is 6.20 Å². The summed E-state index contributed by atoms with van der Waals surface area (Å²) in [6.07, 6.45) is 1.62. The van der Waals surface area contributed by atoms with E-state index in [4.69, 9.17) is 5.84 Å². The van der Waals surface area contributed by atoms with Crippen LogP contribution in [0.5, 0.6) is 0 Å². The van der Waals surface area contributed by atoms with E-state index in [1.165, 1.54) is 4.68 Å². The van der Waals surface area contributed by atoms with E-state index >= 15 is 0 Å². The van der Waals surface area contributed by atoms with Crippen molar-refractivity contribution in [3.05, 3.63) is 66.1 Å². The van der Waals surface area contributed by atoms with Gasteiger partial charge in [-0.15, -0.1) is 0 Å². The zero-order valence-electron chi connectivity index (χ0n) is 13.2. The molecule has 0 atom stereocenters. The van der Waals surface area contributed by atoms with E-state index in [-0.39, 0.29) is 5.75 Å². The highest BCUT2D eigenvalue weighted by atomic mass is 32.2. The summed E-state index contributed by atoms with van der Waals surface area (Å²) in [5.74, 6) is 0.670. The minimum Gasteiger partial charge on any atom is -0.337 e. The third kappa shape index (κ3) is 3.83. The van der Waals surface area contributed by atoms with Crippen LogP contribution in [0.15, 0.2) is 53.8 Å². The lowest BCUT2D eigenvalue weighted by Crippen LogP contribution is -2.17. The molecule has 0 spiro atoms. The van der Waals surface area contributed by atoms with Crippen LogP contribution >= 0.6 is 11.8 Å². The van der Waals surface area contributed by atoms with Crippen molar-refractivity contribution in [2.45, 2.75) is 5.16 Å². The van der Waals surface area contributed by atoms with Gasteiger partial charge in [-0.25, -0.2) is 22.8 Å². The molecule has 0 fully saturated rings. The molecule has 0 bridgehead atoms. The highest BCUT2D eigenvalue weighted by Gasteiger charge is 2.16. The number of hydrogen-bond acceptors (Lipinski definition) is 4. The fourth-order valence-corrected chi connectivity index (χ4v) is 2.87. The van der Waals surface area contributed by atoms with Gasteiger partial charge in [-0.1, -0.05) is 42.1 Å².